The third-order valence-corrected chi connectivity index (χ3v) is 5.08. The van der Waals surface area contributed by atoms with Crippen molar-refractivity contribution in [1.82, 2.24) is 14.8 Å². The van der Waals surface area contributed by atoms with Crippen molar-refractivity contribution in [3.05, 3.63) is 79.0 Å². The maximum atomic E-state index is 5.46. The van der Waals surface area contributed by atoms with Crippen LogP contribution in [0, 0.1) is 0 Å². The number of fused-ring (bicyclic) bond motifs is 3. The molecule has 3 aromatic carbocycles. The minimum atomic E-state index is 0.788. The van der Waals surface area contributed by atoms with E-state index < -0.39 is 0 Å². The maximum absolute atomic E-state index is 5.46. The summed E-state index contributed by atoms with van der Waals surface area (Å²) in [6, 6.07) is 24.0. The number of aromatic nitrogens is 3. The highest BCUT2D eigenvalue weighted by Crippen LogP contribution is 2.35. The highest BCUT2D eigenvalue weighted by atomic mass is 16.5. The van der Waals surface area contributed by atoms with E-state index in [1.807, 2.05) is 71.5 Å². The normalized spacial score (nSPS) is 11.1. The molecule has 5 nitrogen and oxygen atoms in total. The molecular formula is C24H19N3O2. The first-order valence-corrected chi connectivity index (χ1v) is 9.34. The third-order valence-electron chi connectivity index (χ3n) is 5.08. The Morgan fingerprint density at radius 3 is 2.21 bits per heavy atom. The van der Waals surface area contributed by atoms with Crippen molar-refractivity contribution >= 4 is 21.8 Å². The van der Waals surface area contributed by atoms with E-state index in [1.165, 1.54) is 0 Å². The Kier molecular flexibility index (Phi) is 4.13. The number of rotatable bonds is 4. The van der Waals surface area contributed by atoms with Crippen LogP contribution in [0.5, 0.6) is 11.5 Å². The van der Waals surface area contributed by atoms with Crippen molar-refractivity contribution in [2.24, 2.45) is 0 Å². The molecule has 142 valence electrons. The molecule has 0 aliphatic rings. The second kappa shape index (κ2) is 6.95. The van der Waals surface area contributed by atoms with Gasteiger partial charge in [-0.25, -0.2) is 4.68 Å². The SMILES string of the molecule is COc1ccc(-n2nc(-c3ccccc3)c3cnc4ccc(OC)cc4c32)cc1. The molecule has 2 aromatic heterocycles. The third kappa shape index (κ3) is 2.88. The summed E-state index contributed by atoms with van der Waals surface area (Å²) in [7, 11) is 3.34. The monoisotopic (exact) mass is 381 g/mol. The van der Waals surface area contributed by atoms with Crippen LogP contribution in [0.3, 0.4) is 0 Å². The van der Waals surface area contributed by atoms with E-state index in [1.54, 1.807) is 14.2 Å². The fourth-order valence-corrected chi connectivity index (χ4v) is 3.61. The molecule has 0 fully saturated rings. The Morgan fingerprint density at radius 2 is 1.48 bits per heavy atom. The van der Waals surface area contributed by atoms with Crippen molar-refractivity contribution in [1.29, 1.82) is 0 Å². The summed E-state index contributed by atoms with van der Waals surface area (Å²) < 4.78 is 12.7. The average Bonchev–Trinajstić information content (AvgIpc) is 3.19. The second-order valence-electron chi connectivity index (χ2n) is 6.73. The van der Waals surface area contributed by atoms with Crippen molar-refractivity contribution in [3.63, 3.8) is 0 Å². The van der Waals surface area contributed by atoms with E-state index in [4.69, 9.17) is 14.6 Å². The van der Waals surface area contributed by atoms with Gasteiger partial charge in [0, 0.05) is 22.5 Å². The van der Waals surface area contributed by atoms with Gasteiger partial charge in [0.15, 0.2) is 0 Å². The molecule has 0 saturated heterocycles. The van der Waals surface area contributed by atoms with E-state index in [0.717, 1.165) is 50.2 Å². The molecule has 0 unspecified atom stereocenters. The van der Waals surface area contributed by atoms with Crippen molar-refractivity contribution in [3.8, 4) is 28.4 Å². The predicted octanol–water partition coefficient (Wildman–Crippen LogP) is 5.26. The lowest BCUT2D eigenvalue weighted by Gasteiger charge is -2.08. The van der Waals surface area contributed by atoms with Crippen LogP contribution in [0.15, 0.2) is 79.0 Å². The largest absolute Gasteiger partial charge is 0.497 e. The predicted molar refractivity (Wildman–Crippen MR) is 115 cm³/mol. The lowest BCUT2D eigenvalue weighted by atomic mass is 10.1. The Morgan fingerprint density at radius 1 is 0.759 bits per heavy atom. The van der Waals surface area contributed by atoms with Gasteiger partial charge in [-0.1, -0.05) is 30.3 Å². The second-order valence-corrected chi connectivity index (χ2v) is 6.73. The van der Waals surface area contributed by atoms with E-state index in [0.29, 0.717) is 0 Å². The van der Waals surface area contributed by atoms with E-state index >= 15 is 0 Å². The van der Waals surface area contributed by atoms with Gasteiger partial charge in [0.2, 0.25) is 0 Å². The van der Waals surface area contributed by atoms with Crippen molar-refractivity contribution < 1.29 is 9.47 Å². The first-order valence-electron chi connectivity index (χ1n) is 9.34. The zero-order valence-electron chi connectivity index (χ0n) is 16.2. The zero-order chi connectivity index (χ0) is 19.8. The van der Waals surface area contributed by atoms with Gasteiger partial charge in [-0.15, -0.1) is 0 Å². The Hall–Kier alpha value is -3.86. The minimum absolute atomic E-state index is 0.788. The summed E-state index contributed by atoms with van der Waals surface area (Å²) in [5.74, 6) is 1.59. The maximum Gasteiger partial charge on any atom is 0.119 e. The molecule has 5 rings (SSSR count). The number of methoxy groups -OCH3 is 2. The highest BCUT2D eigenvalue weighted by molar-refractivity contribution is 6.09. The summed E-state index contributed by atoms with van der Waals surface area (Å²) in [5.41, 5.74) is 4.79. The summed E-state index contributed by atoms with van der Waals surface area (Å²) in [4.78, 5) is 4.68. The topological polar surface area (TPSA) is 49.2 Å². The van der Waals surface area contributed by atoms with Crippen molar-refractivity contribution in [2.45, 2.75) is 0 Å². The van der Waals surface area contributed by atoms with Crippen LogP contribution in [0.25, 0.3) is 38.8 Å². The summed E-state index contributed by atoms with van der Waals surface area (Å²) in [6.45, 7) is 0. The number of ether oxygens (including phenoxy) is 2. The number of pyridine rings is 1. The van der Waals surface area contributed by atoms with E-state index in [-0.39, 0.29) is 0 Å². The van der Waals surface area contributed by atoms with Crippen LogP contribution in [0.1, 0.15) is 0 Å². The Bertz CT molecular complexity index is 1310. The average molecular weight is 381 g/mol. The Balaban J connectivity index is 1.87. The molecule has 0 radical (unpaired) electrons. The fraction of sp³-hybridized carbons (Fsp3) is 0.0833. The molecule has 2 heterocycles. The highest BCUT2D eigenvalue weighted by Gasteiger charge is 2.17. The lowest BCUT2D eigenvalue weighted by molar-refractivity contribution is 0.414. The van der Waals surface area contributed by atoms with Gasteiger partial charge in [-0.2, -0.15) is 5.10 Å². The molecule has 5 heteroatoms. The van der Waals surface area contributed by atoms with Crippen molar-refractivity contribution in [2.75, 3.05) is 14.2 Å². The molecule has 0 N–H and O–H groups in total. The molecule has 29 heavy (non-hydrogen) atoms. The number of benzene rings is 3. The quantitative estimate of drug-likeness (QED) is 0.426. The van der Waals surface area contributed by atoms with Crippen LogP contribution in [-0.2, 0) is 0 Å². The lowest BCUT2D eigenvalue weighted by Crippen LogP contribution is -1.97. The van der Waals surface area contributed by atoms with Crippen LogP contribution in [0.2, 0.25) is 0 Å². The molecule has 0 aliphatic heterocycles. The zero-order valence-corrected chi connectivity index (χ0v) is 16.2. The van der Waals surface area contributed by atoms with Gasteiger partial charge in [-0.05, 0) is 42.5 Å². The smallest absolute Gasteiger partial charge is 0.119 e. The van der Waals surface area contributed by atoms with Gasteiger partial charge >= 0.3 is 0 Å². The molecule has 0 aliphatic carbocycles. The van der Waals surface area contributed by atoms with E-state index in [9.17, 15) is 0 Å². The van der Waals surface area contributed by atoms with Gasteiger partial charge < -0.3 is 9.47 Å². The van der Waals surface area contributed by atoms with E-state index in [2.05, 4.69) is 17.1 Å². The summed E-state index contributed by atoms with van der Waals surface area (Å²) >= 11 is 0. The van der Waals surface area contributed by atoms with Crippen LogP contribution in [-0.4, -0.2) is 29.0 Å². The standard InChI is InChI=1S/C24H19N3O2/c1-28-18-10-8-17(9-11-18)27-24-20-14-19(29-2)12-13-22(20)25-15-21(24)23(26-27)16-6-4-3-5-7-16/h3-15H,1-2H3. The minimum Gasteiger partial charge on any atom is -0.497 e. The summed E-state index contributed by atoms with van der Waals surface area (Å²) in [6.07, 6.45) is 1.90. The first kappa shape index (κ1) is 17.3. The van der Waals surface area contributed by atoms with Gasteiger partial charge in [0.25, 0.3) is 0 Å². The molecule has 0 amide bonds. The number of nitrogens with zero attached hydrogens (tertiary/aromatic N) is 3. The van der Waals surface area contributed by atoms with Gasteiger partial charge in [0.05, 0.1) is 30.9 Å². The molecule has 0 bridgehead atoms. The molecule has 0 atom stereocenters. The van der Waals surface area contributed by atoms with Gasteiger partial charge in [0.1, 0.15) is 17.2 Å². The van der Waals surface area contributed by atoms with Gasteiger partial charge in [-0.3, -0.25) is 4.98 Å². The molecule has 0 spiro atoms. The summed E-state index contributed by atoms with van der Waals surface area (Å²) in [5, 5.41) is 6.97. The first-order chi connectivity index (χ1) is 14.3. The Labute approximate surface area is 168 Å². The molecular weight excluding hydrogens is 362 g/mol. The fourth-order valence-electron chi connectivity index (χ4n) is 3.61. The van der Waals surface area contributed by atoms with Crippen LogP contribution >= 0.6 is 0 Å². The molecule has 0 saturated carbocycles. The van der Waals surface area contributed by atoms with Crippen LogP contribution in [0.4, 0.5) is 0 Å². The number of hydrogen-bond donors (Lipinski definition) is 0. The van der Waals surface area contributed by atoms with Crippen LogP contribution < -0.4 is 9.47 Å². The number of hydrogen-bond acceptors (Lipinski definition) is 4. The molecule has 5 aromatic rings.